The molecule has 0 radical (unpaired) electrons. The number of phenols is 1. The van der Waals surface area contributed by atoms with Gasteiger partial charge in [0.25, 0.3) is 11.6 Å². The zero-order valence-electron chi connectivity index (χ0n) is 14.0. The first-order valence-electron chi connectivity index (χ1n) is 7.47. The molecule has 0 spiro atoms. The lowest BCUT2D eigenvalue weighted by atomic mass is 10.1. The SMILES string of the molecule is Cc1cc(OCC(=O)N/N=C/c2cc([N+](=O)[O-])ccc2O)cc(C)c1Cl. The van der Waals surface area contributed by atoms with Crippen molar-refractivity contribution in [2.75, 3.05) is 6.61 Å². The number of nitro benzene ring substituents is 1. The average Bonchev–Trinajstić information content (AvgIpc) is 2.59. The molecule has 9 heteroatoms. The summed E-state index contributed by atoms with van der Waals surface area (Å²) >= 11 is 6.07. The number of hydrogen-bond acceptors (Lipinski definition) is 6. The fraction of sp³-hybridized carbons (Fsp3) is 0.176. The van der Waals surface area contributed by atoms with E-state index < -0.39 is 10.8 Å². The molecule has 2 rings (SSSR count). The molecular formula is C17H16ClN3O5. The minimum absolute atomic E-state index is 0.101. The fourth-order valence-corrected chi connectivity index (χ4v) is 2.21. The molecule has 0 aliphatic heterocycles. The highest BCUT2D eigenvalue weighted by Gasteiger charge is 2.09. The molecular weight excluding hydrogens is 362 g/mol. The van der Waals surface area contributed by atoms with Crippen LogP contribution in [0.4, 0.5) is 5.69 Å². The number of nitrogens with zero attached hydrogens (tertiary/aromatic N) is 2. The Morgan fingerprint density at radius 3 is 2.62 bits per heavy atom. The van der Waals surface area contributed by atoms with Crippen LogP contribution in [0.15, 0.2) is 35.4 Å². The van der Waals surface area contributed by atoms with Crippen molar-refractivity contribution < 1.29 is 19.6 Å². The number of phenolic OH excluding ortho intramolecular Hbond substituents is 1. The molecule has 0 aromatic heterocycles. The van der Waals surface area contributed by atoms with Crippen molar-refractivity contribution in [3.8, 4) is 11.5 Å². The summed E-state index contributed by atoms with van der Waals surface area (Å²) in [5, 5.41) is 24.7. The first-order valence-corrected chi connectivity index (χ1v) is 7.84. The van der Waals surface area contributed by atoms with E-state index in [0.29, 0.717) is 10.8 Å². The minimum atomic E-state index is -0.598. The lowest BCUT2D eigenvalue weighted by Gasteiger charge is -2.09. The van der Waals surface area contributed by atoms with Gasteiger partial charge in [-0.05, 0) is 43.2 Å². The number of non-ortho nitro benzene ring substituents is 1. The second-order valence-electron chi connectivity index (χ2n) is 5.45. The number of ether oxygens (including phenoxy) is 1. The second-order valence-corrected chi connectivity index (χ2v) is 5.83. The fourth-order valence-electron chi connectivity index (χ4n) is 2.10. The maximum Gasteiger partial charge on any atom is 0.277 e. The zero-order valence-corrected chi connectivity index (χ0v) is 14.8. The number of hydrogen-bond donors (Lipinski definition) is 2. The molecule has 0 bridgehead atoms. The van der Waals surface area contributed by atoms with Gasteiger partial charge in [-0.25, -0.2) is 5.43 Å². The summed E-state index contributed by atoms with van der Waals surface area (Å²) in [5.74, 6) is -0.228. The van der Waals surface area contributed by atoms with E-state index in [0.717, 1.165) is 29.5 Å². The third-order valence-corrected chi connectivity index (χ3v) is 3.99. The number of halogens is 1. The molecule has 2 N–H and O–H groups in total. The van der Waals surface area contributed by atoms with Gasteiger partial charge in [-0.2, -0.15) is 5.10 Å². The lowest BCUT2D eigenvalue weighted by Crippen LogP contribution is -2.24. The van der Waals surface area contributed by atoms with Gasteiger partial charge in [-0.3, -0.25) is 14.9 Å². The molecule has 0 atom stereocenters. The van der Waals surface area contributed by atoms with E-state index in [2.05, 4.69) is 10.5 Å². The van der Waals surface area contributed by atoms with E-state index in [-0.39, 0.29) is 23.6 Å². The highest BCUT2D eigenvalue weighted by Crippen LogP contribution is 2.25. The first-order chi connectivity index (χ1) is 12.3. The second kappa shape index (κ2) is 8.30. The third-order valence-electron chi connectivity index (χ3n) is 3.39. The standard InChI is InChI=1S/C17H16ClN3O5/c1-10-5-14(6-11(2)17(10)18)26-9-16(23)20-19-8-12-7-13(21(24)25)3-4-15(12)22/h3-8,22H,9H2,1-2H3,(H,20,23)/b19-8+. The lowest BCUT2D eigenvalue weighted by molar-refractivity contribution is -0.384. The Morgan fingerprint density at radius 2 is 2.00 bits per heavy atom. The summed E-state index contributed by atoms with van der Waals surface area (Å²) in [7, 11) is 0. The summed E-state index contributed by atoms with van der Waals surface area (Å²) in [5.41, 5.74) is 3.79. The Kier molecular flexibility index (Phi) is 6.13. The molecule has 0 aliphatic carbocycles. The molecule has 0 saturated carbocycles. The summed E-state index contributed by atoms with van der Waals surface area (Å²) < 4.78 is 5.38. The average molecular weight is 378 g/mol. The Bertz CT molecular complexity index is 860. The molecule has 0 heterocycles. The van der Waals surface area contributed by atoms with Gasteiger partial charge in [0.15, 0.2) is 6.61 Å². The normalized spacial score (nSPS) is 10.7. The van der Waals surface area contributed by atoms with E-state index in [1.807, 2.05) is 13.8 Å². The molecule has 2 aromatic carbocycles. The molecule has 2 aromatic rings. The van der Waals surface area contributed by atoms with E-state index >= 15 is 0 Å². The largest absolute Gasteiger partial charge is 0.507 e. The molecule has 136 valence electrons. The highest BCUT2D eigenvalue weighted by molar-refractivity contribution is 6.32. The molecule has 0 fully saturated rings. The quantitative estimate of drug-likeness (QED) is 0.456. The maximum absolute atomic E-state index is 11.8. The number of nitro groups is 1. The number of carbonyl (C=O) groups excluding carboxylic acids is 1. The van der Waals surface area contributed by atoms with Gasteiger partial charge in [-0.1, -0.05) is 11.6 Å². The minimum Gasteiger partial charge on any atom is -0.507 e. The van der Waals surface area contributed by atoms with Crippen molar-refractivity contribution in [2.45, 2.75) is 13.8 Å². The van der Waals surface area contributed by atoms with Gasteiger partial charge >= 0.3 is 0 Å². The van der Waals surface area contributed by atoms with E-state index in [1.165, 1.54) is 6.07 Å². The van der Waals surface area contributed by atoms with Gasteiger partial charge in [-0.15, -0.1) is 0 Å². The topological polar surface area (TPSA) is 114 Å². The van der Waals surface area contributed by atoms with Gasteiger partial charge in [0, 0.05) is 22.7 Å². The number of aryl methyl sites for hydroxylation is 2. The van der Waals surface area contributed by atoms with Gasteiger partial charge in [0.2, 0.25) is 0 Å². The van der Waals surface area contributed by atoms with Crippen LogP contribution in [0.3, 0.4) is 0 Å². The number of aromatic hydroxyl groups is 1. The summed E-state index contributed by atoms with van der Waals surface area (Å²) in [6, 6.07) is 6.91. The number of hydrazone groups is 1. The Hall–Kier alpha value is -3.13. The Balaban J connectivity index is 1.94. The summed E-state index contributed by atoms with van der Waals surface area (Å²) in [4.78, 5) is 21.9. The molecule has 26 heavy (non-hydrogen) atoms. The molecule has 0 saturated heterocycles. The number of rotatable bonds is 6. The van der Waals surface area contributed by atoms with E-state index in [1.54, 1.807) is 12.1 Å². The van der Waals surface area contributed by atoms with E-state index in [9.17, 15) is 20.0 Å². The molecule has 0 aliphatic rings. The van der Waals surface area contributed by atoms with Crippen LogP contribution in [0.1, 0.15) is 16.7 Å². The third kappa shape index (κ3) is 4.93. The smallest absolute Gasteiger partial charge is 0.277 e. The Labute approximate surface area is 154 Å². The summed E-state index contributed by atoms with van der Waals surface area (Å²) in [6.07, 6.45) is 1.11. The molecule has 8 nitrogen and oxygen atoms in total. The van der Waals surface area contributed by atoms with E-state index in [4.69, 9.17) is 16.3 Å². The van der Waals surface area contributed by atoms with Crippen LogP contribution in [-0.2, 0) is 4.79 Å². The number of carbonyl (C=O) groups is 1. The van der Waals surface area contributed by atoms with Crippen LogP contribution in [0, 0.1) is 24.0 Å². The zero-order chi connectivity index (χ0) is 19.3. The first kappa shape index (κ1) is 19.2. The predicted octanol–water partition coefficient (Wildman–Crippen LogP) is 3.10. The predicted molar refractivity (Wildman–Crippen MR) is 96.9 cm³/mol. The van der Waals surface area contributed by atoms with Crippen molar-refractivity contribution >= 4 is 29.4 Å². The number of nitrogens with one attached hydrogen (secondary N) is 1. The van der Waals surface area contributed by atoms with Crippen molar-refractivity contribution in [2.24, 2.45) is 5.10 Å². The van der Waals surface area contributed by atoms with Crippen LogP contribution in [-0.4, -0.2) is 28.8 Å². The van der Waals surface area contributed by atoms with Crippen molar-refractivity contribution in [1.29, 1.82) is 0 Å². The van der Waals surface area contributed by atoms with Crippen LogP contribution >= 0.6 is 11.6 Å². The summed E-state index contributed by atoms with van der Waals surface area (Å²) in [6.45, 7) is 3.38. The number of benzene rings is 2. The maximum atomic E-state index is 11.8. The molecule has 1 amide bonds. The van der Waals surface area contributed by atoms with Gasteiger partial charge in [0.1, 0.15) is 11.5 Å². The van der Waals surface area contributed by atoms with Crippen molar-refractivity contribution in [3.63, 3.8) is 0 Å². The Morgan fingerprint density at radius 1 is 1.35 bits per heavy atom. The molecule has 0 unspecified atom stereocenters. The van der Waals surface area contributed by atoms with Crippen LogP contribution in [0.2, 0.25) is 5.02 Å². The van der Waals surface area contributed by atoms with Crippen molar-refractivity contribution in [1.82, 2.24) is 5.43 Å². The number of amides is 1. The monoisotopic (exact) mass is 377 g/mol. The van der Waals surface area contributed by atoms with Crippen molar-refractivity contribution in [3.05, 3.63) is 62.2 Å². The van der Waals surface area contributed by atoms with Crippen LogP contribution in [0.5, 0.6) is 11.5 Å². The highest BCUT2D eigenvalue weighted by atomic mass is 35.5. The van der Waals surface area contributed by atoms with Crippen LogP contribution in [0.25, 0.3) is 0 Å². The van der Waals surface area contributed by atoms with Gasteiger partial charge < -0.3 is 9.84 Å². The van der Waals surface area contributed by atoms with Gasteiger partial charge in [0.05, 0.1) is 11.1 Å². The van der Waals surface area contributed by atoms with Crippen LogP contribution < -0.4 is 10.2 Å².